The molecule has 1 saturated carbocycles. The molecule has 1 aromatic carbocycles. The molecule has 1 aliphatic carbocycles. The summed E-state index contributed by atoms with van der Waals surface area (Å²) >= 11 is 6.29. The second-order valence-corrected chi connectivity index (χ2v) is 9.13. The fourth-order valence-electron chi connectivity index (χ4n) is 4.85. The van der Waals surface area contributed by atoms with Crippen LogP contribution in [0.4, 0.5) is 0 Å². The molecule has 2 aromatic heterocycles. The van der Waals surface area contributed by atoms with E-state index >= 15 is 0 Å². The molecule has 0 amide bonds. The highest BCUT2D eigenvalue weighted by atomic mass is 35.5. The SMILES string of the molecule is N#CCC(=O)OC1Cc2cc(Cl)ccc2-n2c(nnc2C2CCC(Oc3ccccn3)CC2)C1. The summed E-state index contributed by atoms with van der Waals surface area (Å²) in [6.07, 6.45) is 5.76. The predicted molar refractivity (Wildman–Crippen MR) is 124 cm³/mol. The molecule has 0 spiro atoms. The minimum absolute atomic E-state index is 0.132. The molecule has 9 heteroatoms. The van der Waals surface area contributed by atoms with E-state index in [4.69, 9.17) is 26.3 Å². The molecule has 5 rings (SSSR count). The monoisotopic (exact) mass is 477 g/mol. The van der Waals surface area contributed by atoms with Crippen molar-refractivity contribution in [2.24, 2.45) is 0 Å². The normalized spacial score (nSPS) is 21.5. The largest absolute Gasteiger partial charge is 0.474 e. The maximum atomic E-state index is 12.0. The number of carbonyl (C=O) groups is 1. The number of halogens is 1. The molecule has 3 heterocycles. The summed E-state index contributed by atoms with van der Waals surface area (Å²) in [7, 11) is 0. The summed E-state index contributed by atoms with van der Waals surface area (Å²) in [5, 5.41) is 18.5. The van der Waals surface area contributed by atoms with Gasteiger partial charge in [-0.25, -0.2) is 4.98 Å². The number of nitrogens with zero attached hydrogens (tertiary/aromatic N) is 5. The highest BCUT2D eigenvalue weighted by molar-refractivity contribution is 6.30. The van der Waals surface area contributed by atoms with Crippen LogP contribution in [-0.4, -0.2) is 37.9 Å². The quantitative estimate of drug-likeness (QED) is 0.503. The zero-order valence-electron chi connectivity index (χ0n) is 18.6. The van der Waals surface area contributed by atoms with Crippen molar-refractivity contribution in [3.05, 3.63) is 64.8 Å². The van der Waals surface area contributed by atoms with E-state index < -0.39 is 12.1 Å². The van der Waals surface area contributed by atoms with Gasteiger partial charge in [0.15, 0.2) is 0 Å². The van der Waals surface area contributed by atoms with Crippen LogP contribution in [0.25, 0.3) is 5.69 Å². The van der Waals surface area contributed by atoms with Crippen LogP contribution in [0.1, 0.15) is 55.2 Å². The fourth-order valence-corrected chi connectivity index (χ4v) is 5.04. The molecule has 1 unspecified atom stereocenters. The van der Waals surface area contributed by atoms with Crippen molar-refractivity contribution in [1.29, 1.82) is 5.26 Å². The smallest absolute Gasteiger partial charge is 0.320 e. The lowest BCUT2D eigenvalue weighted by molar-refractivity contribution is -0.147. The molecule has 8 nitrogen and oxygen atoms in total. The van der Waals surface area contributed by atoms with Gasteiger partial charge in [-0.15, -0.1) is 10.2 Å². The first-order valence-corrected chi connectivity index (χ1v) is 11.9. The zero-order chi connectivity index (χ0) is 23.5. The molecule has 34 heavy (non-hydrogen) atoms. The standard InChI is InChI=1S/C25H24ClN5O3/c26-18-6-9-21-17(13-18)14-20(34-24(32)10-11-27)15-22-29-30-25(31(21)22)16-4-7-19(8-5-16)33-23-3-1-2-12-28-23/h1-3,6,9,12-13,16,19-20H,4-5,7-8,10,14-15H2. The summed E-state index contributed by atoms with van der Waals surface area (Å²) in [4.78, 5) is 16.3. The van der Waals surface area contributed by atoms with Crippen molar-refractivity contribution < 1.29 is 14.3 Å². The number of fused-ring (bicyclic) bond motifs is 3. The van der Waals surface area contributed by atoms with Gasteiger partial charge in [-0.2, -0.15) is 5.26 Å². The third kappa shape index (κ3) is 4.75. The molecule has 0 N–H and O–H groups in total. The first-order valence-electron chi connectivity index (χ1n) is 11.5. The number of benzene rings is 1. The van der Waals surface area contributed by atoms with Gasteiger partial charge in [0, 0.05) is 36.0 Å². The maximum absolute atomic E-state index is 12.0. The molecule has 0 radical (unpaired) electrons. The molecule has 0 saturated heterocycles. The fraction of sp³-hybridized carbons (Fsp3) is 0.400. The number of carbonyl (C=O) groups excluding carboxylic acids is 1. The van der Waals surface area contributed by atoms with Gasteiger partial charge in [-0.1, -0.05) is 17.7 Å². The third-order valence-electron chi connectivity index (χ3n) is 6.38. The zero-order valence-corrected chi connectivity index (χ0v) is 19.3. The summed E-state index contributed by atoms with van der Waals surface area (Å²) in [6, 6.07) is 13.3. The molecule has 2 aliphatic rings. The Bertz CT molecular complexity index is 1220. The Morgan fingerprint density at radius 3 is 2.74 bits per heavy atom. The number of hydrogen-bond acceptors (Lipinski definition) is 7. The molecule has 174 valence electrons. The van der Waals surface area contributed by atoms with Gasteiger partial charge < -0.3 is 9.47 Å². The highest BCUT2D eigenvalue weighted by Crippen LogP contribution is 2.37. The van der Waals surface area contributed by atoms with Gasteiger partial charge in [0.1, 0.15) is 30.3 Å². The summed E-state index contributed by atoms with van der Waals surface area (Å²) in [6.45, 7) is 0. The van der Waals surface area contributed by atoms with Crippen molar-refractivity contribution in [2.75, 3.05) is 0 Å². The summed E-state index contributed by atoms with van der Waals surface area (Å²) < 4.78 is 13.7. The number of hydrogen-bond donors (Lipinski definition) is 0. The average Bonchev–Trinajstić information content (AvgIpc) is 3.17. The van der Waals surface area contributed by atoms with Crippen LogP contribution in [0.15, 0.2) is 42.6 Å². The first kappa shape index (κ1) is 22.4. The van der Waals surface area contributed by atoms with E-state index in [-0.39, 0.29) is 18.4 Å². The lowest BCUT2D eigenvalue weighted by Gasteiger charge is -2.28. The van der Waals surface area contributed by atoms with E-state index in [0.29, 0.717) is 23.7 Å². The first-order chi connectivity index (χ1) is 16.6. The molecule has 0 bridgehead atoms. The molecule has 1 aliphatic heterocycles. The number of ether oxygens (including phenoxy) is 2. The second kappa shape index (κ2) is 9.82. The van der Waals surface area contributed by atoms with Crippen molar-refractivity contribution >= 4 is 17.6 Å². The highest BCUT2D eigenvalue weighted by Gasteiger charge is 2.32. The minimum atomic E-state index is -0.532. The van der Waals surface area contributed by atoms with Gasteiger partial charge >= 0.3 is 5.97 Å². The topological polar surface area (TPSA) is 103 Å². The van der Waals surface area contributed by atoms with E-state index in [2.05, 4.69) is 19.7 Å². The second-order valence-electron chi connectivity index (χ2n) is 8.70. The Labute approximate surface area is 202 Å². The number of esters is 1. The Hall–Kier alpha value is -3.44. The summed E-state index contributed by atoms with van der Waals surface area (Å²) in [5.41, 5.74) is 1.93. The summed E-state index contributed by atoms with van der Waals surface area (Å²) in [5.74, 6) is 2.03. The number of nitriles is 1. The van der Waals surface area contributed by atoms with Crippen LogP contribution < -0.4 is 4.74 Å². The van der Waals surface area contributed by atoms with Gasteiger partial charge in [0.2, 0.25) is 5.88 Å². The predicted octanol–water partition coefficient (Wildman–Crippen LogP) is 4.34. The lowest BCUT2D eigenvalue weighted by atomic mass is 9.86. The van der Waals surface area contributed by atoms with E-state index in [1.807, 2.05) is 42.5 Å². The van der Waals surface area contributed by atoms with Crippen LogP contribution in [0.2, 0.25) is 5.02 Å². The number of rotatable bonds is 5. The van der Waals surface area contributed by atoms with Crippen LogP contribution in [0, 0.1) is 11.3 Å². The van der Waals surface area contributed by atoms with Crippen molar-refractivity contribution in [2.45, 2.75) is 63.1 Å². The van der Waals surface area contributed by atoms with Crippen LogP contribution in [-0.2, 0) is 22.4 Å². The average molecular weight is 478 g/mol. The van der Waals surface area contributed by atoms with Crippen LogP contribution in [0.5, 0.6) is 5.88 Å². The van der Waals surface area contributed by atoms with Crippen LogP contribution >= 0.6 is 11.6 Å². The van der Waals surface area contributed by atoms with Gasteiger partial charge in [-0.3, -0.25) is 9.36 Å². The van der Waals surface area contributed by atoms with Gasteiger partial charge in [-0.05, 0) is 55.5 Å². The minimum Gasteiger partial charge on any atom is -0.474 e. The Morgan fingerprint density at radius 2 is 1.97 bits per heavy atom. The molecular formula is C25H24ClN5O3. The van der Waals surface area contributed by atoms with Crippen molar-refractivity contribution in [3.63, 3.8) is 0 Å². The van der Waals surface area contributed by atoms with Crippen LogP contribution in [0.3, 0.4) is 0 Å². The molecule has 1 atom stereocenters. The van der Waals surface area contributed by atoms with Crippen molar-refractivity contribution in [1.82, 2.24) is 19.7 Å². The Balaban J connectivity index is 1.38. The van der Waals surface area contributed by atoms with E-state index in [1.165, 1.54) is 0 Å². The lowest BCUT2D eigenvalue weighted by Crippen LogP contribution is -2.25. The maximum Gasteiger partial charge on any atom is 0.320 e. The number of pyridine rings is 1. The molecule has 3 aromatic rings. The molecule has 1 fully saturated rings. The third-order valence-corrected chi connectivity index (χ3v) is 6.62. The van der Waals surface area contributed by atoms with Gasteiger partial charge in [0.25, 0.3) is 0 Å². The Morgan fingerprint density at radius 1 is 1.12 bits per heavy atom. The molecular weight excluding hydrogens is 454 g/mol. The Kier molecular flexibility index (Phi) is 6.45. The van der Waals surface area contributed by atoms with Crippen molar-refractivity contribution in [3.8, 4) is 17.6 Å². The van der Waals surface area contributed by atoms with E-state index in [1.54, 1.807) is 6.20 Å². The van der Waals surface area contributed by atoms with E-state index in [9.17, 15) is 4.79 Å². The van der Waals surface area contributed by atoms with E-state index in [0.717, 1.165) is 48.6 Å². The number of aromatic nitrogens is 4. The van der Waals surface area contributed by atoms with Gasteiger partial charge in [0.05, 0.1) is 11.8 Å².